The average Bonchev–Trinajstić information content (AvgIpc) is 3.19. The lowest BCUT2D eigenvalue weighted by molar-refractivity contribution is -0.156. The highest BCUT2D eigenvalue weighted by atomic mass is 32.1. The molecule has 144 valence electrons. The molecule has 8 heteroatoms. The van der Waals surface area contributed by atoms with Crippen molar-refractivity contribution >= 4 is 29.2 Å². The van der Waals surface area contributed by atoms with E-state index in [1.807, 2.05) is 41.8 Å². The molecule has 0 radical (unpaired) electrons. The summed E-state index contributed by atoms with van der Waals surface area (Å²) in [6.07, 6.45) is -0.649. The molecule has 0 bridgehead atoms. The number of esters is 1. The second-order valence-electron chi connectivity index (χ2n) is 5.87. The number of ether oxygens (including phenoxy) is 1. The van der Waals surface area contributed by atoms with Crippen molar-refractivity contribution < 1.29 is 19.1 Å². The van der Waals surface area contributed by atoms with E-state index >= 15 is 0 Å². The Kier molecular flexibility index (Phi) is 7.81. The molecule has 2 aromatic rings. The predicted octanol–water partition coefficient (Wildman–Crippen LogP) is 2.49. The number of carbonyl (C=O) groups is 3. The van der Waals surface area contributed by atoms with Crippen molar-refractivity contribution in [1.29, 1.82) is 0 Å². The van der Waals surface area contributed by atoms with Gasteiger partial charge in [-0.1, -0.05) is 43.3 Å². The minimum Gasteiger partial charge on any atom is -0.452 e. The first-order valence-corrected chi connectivity index (χ1v) is 9.48. The molecule has 4 N–H and O–H groups in total. The molecular formula is C19H23N3O4S. The van der Waals surface area contributed by atoms with Gasteiger partial charge in [-0.05, 0) is 23.4 Å². The maximum Gasteiger partial charge on any atom is 0.312 e. The molecule has 0 aliphatic carbocycles. The molecule has 0 saturated carbocycles. The molecule has 27 heavy (non-hydrogen) atoms. The highest BCUT2D eigenvalue weighted by molar-refractivity contribution is 7.10. The fraction of sp³-hybridized carbons (Fsp3) is 0.316. The van der Waals surface area contributed by atoms with Crippen LogP contribution in [0, 0.1) is 0 Å². The first-order valence-electron chi connectivity index (χ1n) is 8.60. The number of nitrogens with one attached hydrogen (secondary N) is 2. The Hall–Kier alpha value is -2.87. The quantitative estimate of drug-likeness (QED) is 0.572. The lowest BCUT2D eigenvalue weighted by Crippen LogP contribution is -2.38. The van der Waals surface area contributed by atoms with Crippen LogP contribution in [-0.2, 0) is 20.9 Å². The van der Waals surface area contributed by atoms with E-state index in [1.165, 1.54) is 11.3 Å². The Morgan fingerprint density at radius 1 is 1.15 bits per heavy atom. The summed E-state index contributed by atoms with van der Waals surface area (Å²) >= 11 is 1.39. The molecule has 0 unspecified atom stereocenters. The predicted molar refractivity (Wildman–Crippen MR) is 103 cm³/mol. The van der Waals surface area contributed by atoms with Crippen LogP contribution < -0.4 is 16.4 Å². The van der Waals surface area contributed by atoms with E-state index in [0.717, 1.165) is 10.4 Å². The number of rotatable bonds is 9. The van der Waals surface area contributed by atoms with Crippen molar-refractivity contribution in [2.45, 2.75) is 38.5 Å². The zero-order chi connectivity index (χ0) is 19.6. The summed E-state index contributed by atoms with van der Waals surface area (Å²) in [5, 5.41) is 7.13. The van der Waals surface area contributed by atoms with E-state index in [0.29, 0.717) is 13.0 Å². The third kappa shape index (κ3) is 6.74. The van der Waals surface area contributed by atoms with Crippen LogP contribution in [0.15, 0.2) is 47.8 Å². The average molecular weight is 389 g/mol. The van der Waals surface area contributed by atoms with Crippen LogP contribution in [0.1, 0.15) is 36.2 Å². The number of amides is 3. The van der Waals surface area contributed by atoms with Gasteiger partial charge in [0.25, 0.3) is 5.91 Å². The summed E-state index contributed by atoms with van der Waals surface area (Å²) in [4.78, 5) is 36.6. The first-order chi connectivity index (χ1) is 13.0. The third-order valence-corrected chi connectivity index (χ3v) is 4.81. The maximum absolute atomic E-state index is 12.3. The largest absolute Gasteiger partial charge is 0.452 e. The number of benzene rings is 1. The van der Waals surface area contributed by atoms with Gasteiger partial charge in [-0.2, -0.15) is 0 Å². The van der Waals surface area contributed by atoms with Crippen LogP contribution in [0.2, 0.25) is 0 Å². The number of urea groups is 1. The highest BCUT2D eigenvalue weighted by Gasteiger charge is 2.24. The minimum absolute atomic E-state index is 0.105. The van der Waals surface area contributed by atoms with Crippen LogP contribution >= 0.6 is 11.3 Å². The molecule has 1 heterocycles. The van der Waals surface area contributed by atoms with Gasteiger partial charge in [-0.15, -0.1) is 11.3 Å². The molecule has 0 fully saturated rings. The zero-order valence-electron chi connectivity index (χ0n) is 15.0. The van der Waals surface area contributed by atoms with E-state index < -0.39 is 24.1 Å². The van der Waals surface area contributed by atoms with Crippen LogP contribution in [0.3, 0.4) is 0 Å². The fourth-order valence-corrected chi connectivity index (χ4v) is 3.26. The minimum atomic E-state index is -0.890. The van der Waals surface area contributed by atoms with E-state index in [-0.39, 0.29) is 12.3 Å². The van der Waals surface area contributed by atoms with Gasteiger partial charge in [0.05, 0.1) is 12.5 Å². The molecule has 0 aliphatic rings. The smallest absolute Gasteiger partial charge is 0.312 e. The van der Waals surface area contributed by atoms with Gasteiger partial charge in [0.2, 0.25) is 0 Å². The Balaban J connectivity index is 1.90. The topological polar surface area (TPSA) is 111 Å². The van der Waals surface area contributed by atoms with Gasteiger partial charge in [0, 0.05) is 11.4 Å². The van der Waals surface area contributed by atoms with Crippen molar-refractivity contribution in [1.82, 2.24) is 10.6 Å². The van der Waals surface area contributed by atoms with Crippen molar-refractivity contribution in [3.8, 4) is 0 Å². The summed E-state index contributed by atoms with van der Waals surface area (Å²) in [6.45, 7) is 2.12. The molecule has 0 saturated heterocycles. The monoisotopic (exact) mass is 389 g/mol. The zero-order valence-corrected chi connectivity index (χ0v) is 15.8. The second kappa shape index (κ2) is 10.3. The summed E-state index contributed by atoms with van der Waals surface area (Å²) < 4.78 is 5.32. The van der Waals surface area contributed by atoms with Crippen LogP contribution in [0.4, 0.5) is 4.79 Å². The number of carbonyl (C=O) groups excluding carboxylic acids is 3. The van der Waals surface area contributed by atoms with Gasteiger partial charge in [0.15, 0.2) is 6.10 Å². The Labute approximate surface area is 161 Å². The Morgan fingerprint density at radius 3 is 2.48 bits per heavy atom. The molecule has 0 spiro atoms. The van der Waals surface area contributed by atoms with Gasteiger partial charge >= 0.3 is 12.0 Å². The Bertz CT molecular complexity index is 750. The second-order valence-corrected chi connectivity index (χ2v) is 6.85. The normalized spacial score (nSPS) is 12.6. The van der Waals surface area contributed by atoms with Gasteiger partial charge in [0.1, 0.15) is 0 Å². The molecule has 1 aromatic carbocycles. The van der Waals surface area contributed by atoms with Gasteiger partial charge in [-0.25, -0.2) is 4.79 Å². The lowest BCUT2D eigenvalue weighted by Gasteiger charge is -2.19. The number of hydrogen-bond donors (Lipinski definition) is 3. The lowest BCUT2D eigenvalue weighted by atomic mass is 10.1. The summed E-state index contributed by atoms with van der Waals surface area (Å²) in [5.41, 5.74) is 6.14. The van der Waals surface area contributed by atoms with E-state index in [4.69, 9.17) is 10.5 Å². The molecule has 2 atom stereocenters. The number of nitrogens with two attached hydrogens (primary N) is 1. The van der Waals surface area contributed by atoms with E-state index in [2.05, 4.69) is 10.6 Å². The standard InChI is InChI=1S/C19H23N3O4S/c1-2-15(18(24)21-12-13-7-4-3-5-8-13)26-17(23)11-14(22-19(20)25)16-9-6-10-27-16/h3-10,14-15H,2,11-12H2,1H3,(H,21,24)(H3,20,22,25)/t14-,15+/m0/s1. The van der Waals surface area contributed by atoms with Crippen molar-refractivity contribution in [2.24, 2.45) is 5.73 Å². The molecule has 7 nitrogen and oxygen atoms in total. The number of primary amides is 1. The van der Waals surface area contributed by atoms with Crippen molar-refractivity contribution in [3.05, 3.63) is 58.3 Å². The fourth-order valence-electron chi connectivity index (χ4n) is 2.48. The number of hydrogen-bond acceptors (Lipinski definition) is 5. The maximum atomic E-state index is 12.3. The molecule has 3 amide bonds. The molecule has 0 aliphatic heterocycles. The van der Waals surface area contributed by atoms with Crippen LogP contribution in [0.5, 0.6) is 0 Å². The van der Waals surface area contributed by atoms with Crippen LogP contribution in [0.25, 0.3) is 0 Å². The summed E-state index contributed by atoms with van der Waals surface area (Å²) in [5.74, 6) is -0.936. The summed E-state index contributed by atoms with van der Waals surface area (Å²) in [6, 6.07) is 11.8. The van der Waals surface area contributed by atoms with E-state index in [1.54, 1.807) is 13.0 Å². The third-order valence-electron chi connectivity index (χ3n) is 3.82. The number of thiophene rings is 1. The van der Waals surface area contributed by atoms with E-state index in [9.17, 15) is 14.4 Å². The highest BCUT2D eigenvalue weighted by Crippen LogP contribution is 2.22. The van der Waals surface area contributed by atoms with Crippen LogP contribution in [-0.4, -0.2) is 24.0 Å². The molecular weight excluding hydrogens is 366 g/mol. The molecule has 1 aromatic heterocycles. The summed E-state index contributed by atoms with van der Waals surface area (Å²) in [7, 11) is 0. The van der Waals surface area contributed by atoms with Crippen molar-refractivity contribution in [2.75, 3.05) is 0 Å². The SMILES string of the molecule is CC[C@@H](OC(=O)C[C@H](NC(N)=O)c1cccs1)C(=O)NCc1ccccc1. The van der Waals surface area contributed by atoms with Crippen molar-refractivity contribution in [3.63, 3.8) is 0 Å². The Morgan fingerprint density at radius 2 is 1.89 bits per heavy atom. The van der Waals surface area contributed by atoms with Gasteiger partial charge in [-0.3, -0.25) is 9.59 Å². The molecule has 2 rings (SSSR count). The van der Waals surface area contributed by atoms with Gasteiger partial charge < -0.3 is 21.1 Å². The first kappa shape index (κ1) is 20.4.